The van der Waals surface area contributed by atoms with Crippen LogP contribution < -0.4 is 21.6 Å². The number of nitrogens with zero attached hydrogens (tertiary/aromatic N) is 4. The zero-order valence-electron chi connectivity index (χ0n) is 20.9. The molecule has 1 aromatic heterocycles. The zero-order chi connectivity index (χ0) is 25.2. The van der Waals surface area contributed by atoms with Crippen molar-refractivity contribution in [2.45, 2.75) is 26.3 Å². The first-order valence-corrected chi connectivity index (χ1v) is 12.8. The molecular weight excluding hydrogens is 458 g/mol. The van der Waals surface area contributed by atoms with Crippen LogP contribution in [0.15, 0.2) is 41.3 Å². The Hall–Kier alpha value is -3.24. The van der Waals surface area contributed by atoms with Gasteiger partial charge in [-0.2, -0.15) is 4.98 Å². The summed E-state index contributed by atoms with van der Waals surface area (Å²) in [6.07, 6.45) is 2.59. The van der Waals surface area contributed by atoms with Gasteiger partial charge in [-0.3, -0.25) is 19.6 Å². The molecule has 3 fully saturated rings. The highest BCUT2D eigenvalue weighted by atomic mass is 16.2. The summed E-state index contributed by atoms with van der Waals surface area (Å²) >= 11 is 0. The highest BCUT2D eigenvalue weighted by molar-refractivity contribution is 5.88. The summed E-state index contributed by atoms with van der Waals surface area (Å²) < 4.78 is 1.48. The fourth-order valence-corrected chi connectivity index (χ4v) is 5.59. The quantitative estimate of drug-likeness (QED) is 0.529. The largest absolute Gasteiger partial charge is 0.356 e. The number of rotatable bonds is 7. The van der Waals surface area contributed by atoms with Crippen molar-refractivity contribution in [3.05, 3.63) is 52.6 Å². The third-order valence-electron chi connectivity index (χ3n) is 7.80. The number of nitrogens with one attached hydrogen (secondary N) is 3. The third kappa shape index (κ3) is 5.44. The molecule has 0 spiro atoms. The van der Waals surface area contributed by atoms with E-state index in [4.69, 9.17) is 0 Å². The lowest BCUT2D eigenvalue weighted by atomic mass is 10.0. The van der Waals surface area contributed by atoms with Crippen molar-refractivity contribution in [3.8, 4) is 5.69 Å². The van der Waals surface area contributed by atoms with Crippen molar-refractivity contribution in [2.75, 3.05) is 51.1 Å². The molecule has 0 radical (unpaired) electrons. The van der Waals surface area contributed by atoms with Gasteiger partial charge < -0.3 is 15.5 Å². The van der Waals surface area contributed by atoms with E-state index >= 15 is 0 Å². The van der Waals surface area contributed by atoms with E-state index in [0.29, 0.717) is 36.9 Å². The molecule has 5 rings (SSSR count). The van der Waals surface area contributed by atoms with Gasteiger partial charge in [-0.1, -0.05) is 12.1 Å². The number of carbonyl (C=O) groups is 2. The van der Waals surface area contributed by atoms with Gasteiger partial charge in [-0.05, 0) is 54.9 Å². The Bertz CT molecular complexity index is 1150. The second-order valence-corrected chi connectivity index (χ2v) is 10.2. The molecule has 3 amide bonds. The summed E-state index contributed by atoms with van der Waals surface area (Å²) in [6.45, 7) is 9.65. The second-order valence-electron chi connectivity index (χ2n) is 10.2. The van der Waals surface area contributed by atoms with E-state index in [2.05, 4.69) is 44.9 Å². The van der Waals surface area contributed by atoms with Crippen LogP contribution in [-0.4, -0.2) is 83.1 Å². The third-order valence-corrected chi connectivity index (χ3v) is 7.80. The van der Waals surface area contributed by atoms with Gasteiger partial charge in [-0.25, -0.2) is 9.59 Å². The van der Waals surface area contributed by atoms with E-state index < -0.39 is 5.69 Å². The Balaban J connectivity index is 1.14. The molecule has 192 valence electrons. The summed E-state index contributed by atoms with van der Waals surface area (Å²) in [5.74, 6) is 2.38. The van der Waals surface area contributed by atoms with Crippen LogP contribution in [0, 0.1) is 17.8 Å². The maximum Gasteiger partial charge on any atom is 0.354 e. The number of hydrogen-bond acceptors (Lipinski definition) is 6. The number of amides is 3. The first-order valence-electron chi connectivity index (χ1n) is 12.8. The zero-order valence-corrected chi connectivity index (χ0v) is 20.9. The first kappa shape index (κ1) is 24.5. The van der Waals surface area contributed by atoms with Gasteiger partial charge in [0.1, 0.15) is 5.82 Å². The highest BCUT2D eigenvalue weighted by Gasteiger charge is 2.55. The Labute approximate surface area is 211 Å². The summed E-state index contributed by atoms with van der Waals surface area (Å²) in [5.41, 5.74) is 1.54. The first-order chi connectivity index (χ1) is 17.4. The van der Waals surface area contributed by atoms with Crippen LogP contribution in [0.25, 0.3) is 5.69 Å². The minimum absolute atomic E-state index is 0.0558. The van der Waals surface area contributed by atoms with Gasteiger partial charge in [0.2, 0.25) is 5.91 Å². The normalized spacial score (nSPS) is 24.2. The van der Waals surface area contributed by atoms with Crippen LogP contribution in [0.5, 0.6) is 0 Å². The number of benzene rings is 1. The Morgan fingerprint density at radius 1 is 1.11 bits per heavy atom. The monoisotopic (exact) mass is 493 g/mol. The minimum Gasteiger partial charge on any atom is -0.356 e. The molecule has 2 aliphatic heterocycles. The molecule has 1 aliphatic carbocycles. The minimum atomic E-state index is -0.431. The smallest absolute Gasteiger partial charge is 0.354 e. The molecule has 2 saturated heterocycles. The van der Waals surface area contributed by atoms with Crippen molar-refractivity contribution in [1.29, 1.82) is 0 Å². The second kappa shape index (κ2) is 10.4. The molecular formula is C26H35N7O3. The van der Waals surface area contributed by atoms with Crippen molar-refractivity contribution in [3.63, 3.8) is 0 Å². The molecule has 3 heterocycles. The topological polar surface area (TPSA) is 112 Å². The van der Waals surface area contributed by atoms with Gasteiger partial charge in [0, 0.05) is 65.0 Å². The van der Waals surface area contributed by atoms with Gasteiger partial charge in [0.15, 0.2) is 0 Å². The van der Waals surface area contributed by atoms with E-state index in [-0.39, 0.29) is 17.8 Å². The average molecular weight is 494 g/mol. The summed E-state index contributed by atoms with van der Waals surface area (Å²) in [4.78, 5) is 44.5. The SMILES string of the molecule is CC(=O)NCC1C2CN(C(C)Cc3ccc(-n4ccc(NC(=O)N5CCNCC5)nc4=O)cc3)CC12. The number of hydrogen-bond donors (Lipinski definition) is 3. The predicted molar refractivity (Wildman–Crippen MR) is 137 cm³/mol. The molecule has 3 unspecified atom stereocenters. The van der Waals surface area contributed by atoms with Gasteiger partial charge in [-0.15, -0.1) is 0 Å². The molecule has 36 heavy (non-hydrogen) atoms. The fourth-order valence-electron chi connectivity index (χ4n) is 5.59. The number of fused-ring (bicyclic) bond motifs is 1. The average Bonchev–Trinajstić information content (AvgIpc) is 3.32. The van der Waals surface area contributed by atoms with Crippen LogP contribution in [0.2, 0.25) is 0 Å². The highest BCUT2D eigenvalue weighted by Crippen LogP contribution is 2.51. The van der Waals surface area contributed by atoms with Crippen molar-refractivity contribution < 1.29 is 9.59 Å². The number of urea groups is 1. The van der Waals surface area contributed by atoms with Crippen LogP contribution in [0.1, 0.15) is 19.4 Å². The molecule has 2 aromatic rings. The molecule has 3 aliphatic rings. The number of likely N-dealkylation sites (tertiary alicyclic amines) is 1. The lowest BCUT2D eigenvalue weighted by Gasteiger charge is -2.27. The fraction of sp³-hybridized carbons (Fsp3) is 0.538. The lowest BCUT2D eigenvalue weighted by Crippen LogP contribution is -2.48. The van der Waals surface area contributed by atoms with Gasteiger partial charge >= 0.3 is 11.7 Å². The molecule has 0 bridgehead atoms. The maximum absolute atomic E-state index is 12.6. The van der Waals surface area contributed by atoms with E-state index in [1.165, 1.54) is 10.1 Å². The number of aromatic nitrogens is 2. The Morgan fingerprint density at radius 2 is 1.81 bits per heavy atom. The molecule has 1 saturated carbocycles. The molecule has 3 atom stereocenters. The summed E-state index contributed by atoms with van der Waals surface area (Å²) in [6, 6.07) is 9.86. The molecule has 1 aromatic carbocycles. The molecule has 10 heteroatoms. The van der Waals surface area contributed by atoms with Crippen LogP contribution in [0.3, 0.4) is 0 Å². The standard InChI is InChI=1S/C26H35N7O3/c1-17(32-15-22-21(23(22)16-32)14-28-18(2)34)13-19-3-5-20(6-4-19)33-10-7-24(30-26(33)36)29-25(35)31-11-8-27-9-12-31/h3-7,10,17,21-23,27H,8-9,11-16H2,1-2H3,(H,28,34)(H,29,30,35,36). The molecule has 3 N–H and O–H groups in total. The number of piperidine rings is 1. The van der Waals surface area contributed by atoms with Crippen LogP contribution in [-0.2, 0) is 11.2 Å². The van der Waals surface area contributed by atoms with Crippen molar-refractivity contribution in [1.82, 2.24) is 30.0 Å². The summed E-state index contributed by atoms with van der Waals surface area (Å²) in [5, 5.41) is 8.88. The number of piperazine rings is 1. The van der Waals surface area contributed by atoms with Crippen LogP contribution >= 0.6 is 0 Å². The van der Waals surface area contributed by atoms with E-state index in [0.717, 1.165) is 44.8 Å². The van der Waals surface area contributed by atoms with Gasteiger partial charge in [0.25, 0.3) is 0 Å². The lowest BCUT2D eigenvalue weighted by molar-refractivity contribution is -0.119. The van der Waals surface area contributed by atoms with Gasteiger partial charge in [0.05, 0.1) is 5.69 Å². The van der Waals surface area contributed by atoms with Crippen molar-refractivity contribution in [2.24, 2.45) is 17.8 Å². The number of carbonyl (C=O) groups excluding carboxylic acids is 2. The molecule has 10 nitrogen and oxygen atoms in total. The Morgan fingerprint density at radius 3 is 2.44 bits per heavy atom. The number of anilines is 1. The maximum atomic E-state index is 12.6. The Kier molecular flexibility index (Phi) is 7.06. The van der Waals surface area contributed by atoms with Crippen molar-refractivity contribution >= 4 is 17.8 Å². The van der Waals surface area contributed by atoms with E-state index in [1.54, 1.807) is 24.1 Å². The van der Waals surface area contributed by atoms with E-state index in [9.17, 15) is 14.4 Å². The predicted octanol–water partition coefficient (Wildman–Crippen LogP) is 0.915. The van der Waals surface area contributed by atoms with E-state index in [1.807, 2.05) is 12.1 Å². The summed E-state index contributed by atoms with van der Waals surface area (Å²) in [7, 11) is 0. The van der Waals surface area contributed by atoms with Crippen LogP contribution in [0.4, 0.5) is 10.6 Å².